The highest BCUT2D eigenvalue weighted by Crippen LogP contribution is 2.26. The largest absolute Gasteiger partial charge is 0.276 e. The number of fused-ring (bicyclic) bond motifs is 3. The number of aryl methyl sites for hydroxylation is 3. The van der Waals surface area contributed by atoms with Crippen LogP contribution in [0.3, 0.4) is 0 Å². The lowest BCUT2D eigenvalue weighted by Crippen LogP contribution is -2.08. The third kappa shape index (κ3) is 1.85. The molecule has 0 N–H and O–H groups in total. The van der Waals surface area contributed by atoms with E-state index in [-0.39, 0.29) is 0 Å². The van der Waals surface area contributed by atoms with Gasteiger partial charge in [0.25, 0.3) is 0 Å². The van der Waals surface area contributed by atoms with E-state index in [0.29, 0.717) is 11.2 Å². The first-order valence-electron chi connectivity index (χ1n) is 7.44. The Bertz CT molecular complexity index is 1110. The number of pyridine rings is 1. The molecule has 0 aliphatic rings. The first-order valence-corrected chi connectivity index (χ1v) is 7.44. The summed E-state index contributed by atoms with van der Waals surface area (Å²) >= 11 is 0. The van der Waals surface area contributed by atoms with Gasteiger partial charge in [0.1, 0.15) is 11.9 Å². The quantitative estimate of drug-likeness (QED) is 0.541. The van der Waals surface area contributed by atoms with Gasteiger partial charge in [-0.05, 0) is 50.6 Å². The Kier molecular flexibility index (Phi) is 2.75. The maximum Gasteiger partial charge on any atom is 0.157 e. The van der Waals surface area contributed by atoms with E-state index in [1.165, 1.54) is 0 Å². The van der Waals surface area contributed by atoms with E-state index in [2.05, 4.69) is 16.2 Å². The molecule has 0 radical (unpaired) electrons. The fraction of sp³-hybridized carbons (Fsp3) is 0.167. The summed E-state index contributed by atoms with van der Waals surface area (Å²) in [7, 11) is 0. The van der Waals surface area contributed by atoms with E-state index < -0.39 is 0 Å². The maximum atomic E-state index is 9.54. The van der Waals surface area contributed by atoms with Crippen LogP contribution in [0, 0.1) is 32.1 Å². The molecule has 0 fully saturated rings. The van der Waals surface area contributed by atoms with E-state index in [1.54, 1.807) is 0 Å². The van der Waals surface area contributed by atoms with Crippen molar-refractivity contribution in [2.45, 2.75) is 20.8 Å². The Morgan fingerprint density at radius 3 is 2.57 bits per heavy atom. The van der Waals surface area contributed by atoms with Crippen LogP contribution in [0.4, 0.5) is 0 Å². The van der Waals surface area contributed by atoms with Crippen LogP contribution in [-0.2, 0) is 0 Å². The zero-order valence-corrected chi connectivity index (χ0v) is 13.2. The SMILES string of the molecule is Cc1cc(C)n(-c2cc(C)c(C#N)c3nc4ccccc4n23)n1. The average Bonchev–Trinajstić information content (AvgIpc) is 3.06. The van der Waals surface area contributed by atoms with E-state index >= 15 is 0 Å². The molecule has 0 saturated carbocycles. The van der Waals surface area contributed by atoms with Crippen LogP contribution >= 0.6 is 0 Å². The normalized spacial score (nSPS) is 11.2. The molecule has 112 valence electrons. The highest BCUT2D eigenvalue weighted by atomic mass is 15.3. The van der Waals surface area contributed by atoms with Crippen LogP contribution in [0.1, 0.15) is 22.5 Å². The highest BCUT2D eigenvalue weighted by Gasteiger charge is 2.17. The van der Waals surface area contributed by atoms with Crippen molar-refractivity contribution in [2.75, 3.05) is 0 Å². The van der Waals surface area contributed by atoms with Crippen LogP contribution in [0.5, 0.6) is 0 Å². The molecule has 5 heteroatoms. The van der Waals surface area contributed by atoms with Gasteiger partial charge >= 0.3 is 0 Å². The van der Waals surface area contributed by atoms with Gasteiger partial charge in [-0.25, -0.2) is 9.67 Å². The van der Waals surface area contributed by atoms with Crippen molar-refractivity contribution in [3.8, 4) is 11.9 Å². The molecule has 3 aromatic heterocycles. The second kappa shape index (κ2) is 4.68. The van der Waals surface area contributed by atoms with E-state index in [0.717, 1.165) is 33.8 Å². The van der Waals surface area contributed by atoms with Gasteiger partial charge in [-0.1, -0.05) is 12.1 Å². The van der Waals surface area contributed by atoms with Crippen LogP contribution in [-0.4, -0.2) is 19.2 Å². The summed E-state index contributed by atoms with van der Waals surface area (Å²) in [4.78, 5) is 4.67. The second-order valence-corrected chi connectivity index (χ2v) is 5.77. The Hall–Kier alpha value is -3.13. The fourth-order valence-corrected chi connectivity index (χ4v) is 3.09. The lowest BCUT2D eigenvalue weighted by atomic mass is 10.1. The van der Waals surface area contributed by atoms with Gasteiger partial charge in [0.2, 0.25) is 0 Å². The van der Waals surface area contributed by atoms with Gasteiger partial charge in [0.15, 0.2) is 5.65 Å². The number of nitriles is 1. The van der Waals surface area contributed by atoms with Crippen molar-refractivity contribution in [2.24, 2.45) is 0 Å². The predicted octanol–water partition coefficient (Wildman–Crippen LogP) is 3.47. The first-order chi connectivity index (χ1) is 11.1. The monoisotopic (exact) mass is 301 g/mol. The Morgan fingerprint density at radius 2 is 1.87 bits per heavy atom. The molecule has 3 heterocycles. The number of para-hydroxylation sites is 2. The van der Waals surface area contributed by atoms with Crippen molar-refractivity contribution in [1.29, 1.82) is 5.26 Å². The Labute approximate surface area is 133 Å². The van der Waals surface area contributed by atoms with Crippen LogP contribution in [0.2, 0.25) is 0 Å². The lowest BCUT2D eigenvalue weighted by Gasteiger charge is -2.11. The number of hydrogen-bond donors (Lipinski definition) is 0. The molecule has 1 aromatic carbocycles. The summed E-state index contributed by atoms with van der Waals surface area (Å²) < 4.78 is 3.92. The number of benzene rings is 1. The van der Waals surface area contributed by atoms with Gasteiger partial charge < -0.3 is 0 Å². The number of hydrogen-bond acceptors (Lipinski definition) is 3. The van der Waals surface area contributed by atoms with Gasteiger partial charge in [0, 0.05) is 5.69 Å². The minimum absolute atomic E-state index is 0.603. The molecule has 0 aliphatic heterocycles. The molecular weight excluding hydrogens is 286 g/mol. The summed E-state index contributed by atoms with van der Waals surface area (Å²) in [5.41, 5.74) is 6.03. The third-order valence-corrected chi connectivity index (χ3v) is 4.09. The molecule has 4 aromatic rings. The van der Waals surface area contributed by atoms with Gasteiger partial charge in [-0.3, -0.25) is 4.40 Å². The summed E-state index contributed by atoms with van der Waals surface area (Å²) in [5.74, 6) is 0.899. The van der Waals surface area contributed by atoms with Crippen LogP contribution < -0.4 is 0 Å². The van der Waals surface area contributed by atoms with Gasteiger partial charge in [0.05, 0.1) is 22.3 Å². The molecule has 23 heavy (non-hydrogen) atoms. The minimum atomic E-state index is 0.603. The average molecular weight is 301 g/mol. The van der Waals surface area contributed by atoms with E-state index in [9.17, 15) is 5.26 Å². The highest BCUT2D eigenvalue weighted by molar-refractivity contribution is 5.84. The molecule has 0 bridgehead atoms. The van der Waals surface area contributed by atoms with Crippen LogP contribution in [0.15, 0.2) is 36.4 Å². The molecule has 0 aliphatic carbocycles. The molecule has 0 spiro atoms. The molecule has 0 saturated heterocycles. The van der Waals surface area contributed by atoms with Crippen molar-refractivity contribution < 1.29 is 0 Å². The maximum absolute atomic E-state index is 9.54. The van der Waals surface area contributed by atoms with Crippen molar-refractivity contribution >= 4 is 16.7 Å². The number of aromatic nitrogens is 4. The minimum Gasteiger partial charge on any atom is -0.276 e. The zero-order valence-electron chi connectivity index (χ0n) is 13.2. The number of rotatable bonds is 1. The van der Waals surface area contributed by atoms with E-state index in [1.807, 2.05) is 66.3 Å². The van der Waals surface area contributed by atoms with Gasteiger partial charge in [-0.2, -0.15) is 10.4 Å². The summed E-state index contributed by atoms with van der Waals surface area (Å²) in [5, 5.41) is 14.1. The summed E-state index contributed by atoms with van der Waals surface area (Å²) in [6.45, 7) is 5.94. The topological polar surface area (TPSA) is 58.9 Å². The van der Waals surface area contributed by atoms with Crippen molar-refractivity contribution in [3.05, 3.63) is 58.9 Å². The van der Waals surface area contributed by atoms with Crippen molar-refractivity contribution in [3.63, 3.8) is 0 Å². The summed E-state index contributed by atoms with van der Waals surface area (Å²) in [6, 6.07) is 14.2. The van der Waals surface area contributed by atoms with Crippen molar-refractivity contribution in [1.82, 2.24) is 19.2 Å². The molecule has 0 atom stereocenters. The summed E-state index contributed by atoms with van der Waals surface area (Å²) in [6.07, 6.45) is 0. The molecule has 4 rings (SSSR count). The molecule has 0 amide bonds. The Morgan fingerprint density at radius 1 is 1.09 bits per heavy atom. The first kappa shape index (κ1) is 13.5. The molecule has 0 unspecified atom stereocenters. The number of nitrogens with zero attached hydrogens (tertiary/aromatic N) is 5. The fourth-order valence-electron chi connectivity index (χ4n) is 3.09. The number of imidazole rings is 1. The zero-order chi connectivity index (χ0) is 16.1. The molecule has 5 nitrogen and oxygen atoms in total. The predicted molar refractivity (Wildman–Crippen MR) is 88.7 cm³/mol. The lowest BCUT2D eigenvalue weighted by molar-refractivity contribution is 0.795. The van der Waals surface area contributed by atoms with Crippen LogP contribution in [0.25, 0.3) is 22.5 Å². The smallest absolute Gasteiger partial charge is 0.157 e. The second-order valence-electron chi connectivity index (χ2n) is 5.77. The third-order valence-electron chi connectivity index (χ3n) is 4.09. The van der Waals surface area contributed by atoms with Gasteiger partial charge in [-0.15, -0.1) is 0 Å². The van der Waals surface area contributed by atoms with E-state index in [4.69, 9.17) is 0 Å². The standard InChI is InChI=1S/C18H15N5/c1-11-8-17(23-13(3)9-12(2)21-23)22-16-7-5-4-6-15(16)20-18(22)14(11)10-19/h4-9H,1-3H3. The molecular formula is C18H15N5. The Balaban J connectivity index is 2.25.